The van der Waals surface area contributed by atoms with Gasteiger partial charge in [-0.1, -0.05) is 53.1 Å². The molecule has 0 aliphatic heterocycles. The Labute approximate surface area is 152 Å². The number of amides is 1. The van der Waals surface area contributed by atoms with Crippen LogP contribution in [-0.4, -0.2) is 22.1 Å². The zero-order chi connectivity index (χ0) is 18.7. The molecule has 1 heterocycles. The number of rotatable bonds is 6. The molecule has 1 aromatic rings. The van der Waals surface area contributed by atoms with Gasteiger partial charge in [0.15, 0.2) is 5.82 Å². The molecule has 0 aromatic carbocycles. The highest BCUT2D eigenvalue weighted by molar-refractivity contribution is 5.76. The molecule has 1 amide bonds. The molecule has 1 saturated carbocycles. The van der Waals surface area contributed by atoms with E-state index < -0.39 is 0 Å². The third kappa shape index (κ3) is 5.55. The number of nitrogens with zero attached hydrogens (tertiary/aromatic N) is 2. The molecule has 1 N–H and O–H groups in total. The van der Waals surface area contributed by atoms with Crippen LogP contribution < -0.4 is 5.32 Å². The standard InChI is InChI=1S/C20H35N3O2/c1-7-20(5,6)14-8-10-15(11-9-14)21-16(24)12-13-17-22-18(23-25-17)19(2,3)4/h14-15H,7-13H2,1-6H3,(H,21,24). The van der Waals surface area contributed by atoms with Crippen LogP contribution in [0.5, 0.6) is 0 Å². The molecule has 0 spiro atoms. The molecule has 1 fully saturated rings. The molecule has 2 rings (SSSR count). The van der Waals surface area contributed by atoms with E-state index in [1.165, 1.54) is 19.3 Å². The summed E-state index contributed by atoms with van der Waals surface area (Å²) < 4.78 is 5.25. The highest BCUT2D eigenvalue weighted by atomic mass is 16.5. The Morgan fingerprint density at radius 3 is 2.32 bits per heavy atom. The molecular weight excluding hydrogens is 314 g/mol. The summed E-state index contributed by atoms with van der Waals surface area (Å²) >= 11 is 0. The van der Waals surface area contributed by atoms with E-state index in [1.807, 2.05) is 20.8 Å². The minimum Gasteiger partial charge on any atom is -0.353 e. The molecule has 142 valence electrons. The normalized spacial score (nSPS) is 22.0. The van der Waals surface area contributed by atoms with E-state index >= 15 is 0 Å². The van der Waals surface area contributed by atoms with Crippen molar-refractivity contribution in [2.24, 2.45) is 11.3 Å². The number of hydrogen-bond acceptors (Lipinski definition) is 4. The van der Waals surface area contributed by atoms with E-state index in [0.717, 1.165) is 18.8 Å². The van der Waals surface area contributed by atoms with E-state index in [4.69, 9.17) is 4.52 Å². The van der Waals surface area contributed by atoms with Crippen molar-refractivity contribution in [2.75, 3.05) is 0 Å². The van der Waals surface area contributed by atoms with Crippen LogP contribution >= 0.6 is 0 Å². The molecule has 5 nitrogen and oxygen atoms in total. The number of hydrogen-bond donors (Lipinski definition) is 1. The predicted molar refractivity (Wildman–Crippen MR) is 99.3 cm³/mol. The Bertz CT molecular complexity index is 564. The van der Waals surface area contributed by atoms with E-state index in [0.29, 0.717) is 36.0 Å². The van der Waals surface area contributed by atoms with Gasteiger partial charge in [-0.2, -0.15) is 4.98 Å². The average molecular weight is 350 g/mol. The van der Waals surface area contributed by atoms with Gasteiger partial charge in [0.05, 0.1) is 0 Å². The first-order valence-electron chi connectivity index (χ1n) is 9.74. The fourth-order valence-corrected chi connectivity index (χ4v) is 3.49. The number of aromatic nitrogens is 2. The van der Waals surface area contributed by atoms with Crippen molar-refractivity contribution < 1.29 is 9.32 Å². The Morgan fingerprint density at radius 2 is 1.80 bits per heavy atom. The first kappa shape index (κ1) is 19.9. The van der Waals surface area contributed by atoms with Crippen LogP contribution in [0.25, 0.3) is 0 Å². The second kappa shape index (κ2) is 7.88. The van der Waals surface area contributed by atoms with Crippen molar-refractivity contribution in [3.05, 3.63) is 11.7 Å². The summed E-state index contributed by atoms with van der Waals surface area (Å²) in [5.74, 6) is 2.11. The SMILES string of the molecule is CCC(C)(C)C1CCC(NC(=O)CCc2nc(C(C)(C)C)no2)CC1. The van der Waals surface area contributed by atoms with Crippen LogP contribution in [0.4, 0.5) is 0 Å². The van der Waals surface area contributed by atoms with Crippen molar-refractivity contribution in [1.29, 1.82) is 0 Å². The van der Waals surface area contributed by atoms with Crippen LogP contribution in [0, 0.1) is 11.3 Å². The molecule has 0 atom stereocenters. The van der Waals surface area contributed by atoms with Gasteiger partial charge in [-0.05, 0) is 37.0 Å². The van der Waals surface area contributed by atoms with Crippen molar-refractivity contribution in [1.82, 2.24) is 15.5 Å². The van der Waals surface area contributed by atoms with E-state index in [1.54, 1.807) is 0 Å². The Balaban J connectivity index is 1.74. The highest BCUT2D eigenvalue weighted by Crippen LogP contribution is 2.40. The maximum absolute atomic E-state index is 12.2. The molecule has 0 bridgehead atoms. The number of aryl methyl sites for hydroxylation is 1. The van der Waals surface area contributed by atoms with E-state index in [9.17, 15) is 4.79 Å². The average Bonchev–Trinajstić information content (AvgIpc) is 3.03. The third-order valence-corrected chi connectivity index (χ3v) is 5.81. The third-order valence-electron chi connectivity index (χ3n) is 5.81. The Hall–Kier alpha value is -1.39. The lowest BCUT2D eigenvalue weighted by molar-refractivity contribution is -0.122. The quantitative estimate of drug-likeness (QED) is 0.826. The van der Waals surface area contributed by atoms with Crippen LogP contribution in [0.15, 0.2) is 4.52 Å². The first-order valence-corrected chi connectivity index (χ1v) is 9.74. The summed E-state index contributed by atoms with van der Waals surface area (Å²) in [5.41, 5.74) is 0.284. The molecule has 25 heavy (non-hydrogen) atoms. The minimum atomic E-state index is -0.130. The summed E-state index contributed by atoms with van der Waals surface area (Å²) in [5, 5.41) is 7.19. The smallest absolute Gasteiger partial charge is 0.227 e. The molecule has 0 radical (unpaired) electrons. The molecule has 5 heteroatoms. The van der Waals surface area contributed by atoms with E-state index in [2.05, 4.69) is 36.2 Å². The van der Waals surface area contributed by atoms with Crippen LogP contribution in [0.1, 0.15) is 91.8 Å². The lowest BCUT2D eigenvalue weighted by atomic mass is 9.69. The molecule has 0 saturated heterocycles. The number of carbonyl (C=O) groups excluding carboxylic acids is 1. The van der Waals surface area contributed by atoms with Gasteiger partial charge < -0.3 is 9.84 Å². The van der Waals surface area contributed by atoms with Gasteiger partial charge in [-0.3, -0.25) is 4.79 Å². The summed E-state index contributed by atoms with van der Waals surface area (Å²) in [6.07, 6.45) is 6.74. The van der Waals surface area contributed by atoms with Crippen molar-refractivity contribution in [2.45, 2.75) is 97.9 Å². The zero-order valence-corrected chi connectivity index (χ0v) is 16.8. The lowest BCUT2D eigenvalue weighted by Crippen LogP contribution is -2.40. The van der Waals surface area contributed by atoms with Gasteiger partial charge in [0.1, 0.15) is 0 Å². The Morgan fingerprint density at radius 1 is 1.16 bits per heavy atom. The summed E-state index contributed by atoms with van der Waals surface area (Å²) in [6, 6.07) is 0.323. The topological polar surface area (TPSA) is 68.0 Å². The maximum atomic E-state index is 12.2. The van der Waals surface area contributed by atoms with Gasteiger partial charge in [-0.25, -0.2) is 0 Å². The predicted octanol–water partition coefficient (Wildman–Crippen LogP) is 4.41. The van der Waals surface area contributed by atoms with Gasteiger partial charge in [-0.15, -0.1) is 0 Å². The second-order valence-electron chi connectivity index (χ2n) is 9.22. The zero-order valence-electron chi connectivity index (χ0n) is 16.8. The van der Waals surface area contributed by atoms with Crippen LogP contribution in [-0.2, 0) is 16.6 Å². The lowest BCUT2D eigenvalue weighted by Gasteiger charge is -2.39. The minimum absolute atomic E-state index is 0.0914. The van der Waals surface area contributed by atoms with Crippen molar-refractivity contribution >= 4 is 5.91 Å². The van der Waals surface area contributed by atoms with Gasteiger partial charge in [0.2, 0.25) is 11.8 Å². The number of nitrogens with one attached hydrogen (secondary N) is 1. The fraction of sp³-hybridized carbons (Fsp3) is 0.850. The Kier molecular flexibility index (Phi) is 6.28. The van der Waals surface area contributed by atoms with Crippen molar-refractivity contribution in [3.63, 3.8) is 0 Å². The highest BCUT2D eigenvalue weighted by Gasteiger charge is 2.32. The molecule has 1 aliphatic carbocycles. The van der Waals surface area contributed by atoms with Crippen LogP contribution in [0.3, 0.4) is 0 Å². The van der Waals surface area contributed by atoms with Gasteiger partial charge >= 0.3 is 0 Å². The first-order chi connectivity index (χ1) is 11.6. The largest absolute Gasteiger partial charge is 0.353 e. The maximum Gasteiger partial charge on any atom is 0.227 e. The summed E-state index contributed by atoms with van der Waals surface area (Å²) in [7, 11) is 0. The molecular formula is C20H35N3O2. The summed E-state index contributed by atoms with van der Waals surface area (Å²) in [4.78, 5) is 16.6. The molecule has 0 unspecified atom stereocenters. The second-order valence-corrected chi connectivity index (χ2v) is 9.22. The molecule has 1 aromatic heterocycles. The van der Waals surface area contributed by atoms with Gasteiger partial charge in [0.25, 0.3) is 0 Å². The monoisotopic (exact) mass is 349 g/mol. The van der Waals surface area contributed by atoms with Crippen LogP contribution in [0.2, 0.25) is 0 Å². The fourth-order valence-electron chi connectivity index (χ4n) is 3.49. The van der Waals surface area contributed by atoms with E-state index in [-0.39, 0.29) is 11.3 Å². The van der Waals surface area contributed by atoms with Gasteiger partial charge in [0, 0.05) is 24.3 Å². The molecule has 1 aliphatic rings. The van der Waals surface area contributed by atoms with Crippen molar-refractivity contribution in [3.8, 4) is 0 Å². The summed E-state index contributed by atoms with van der Waals surface area (Å²) in [6.45, 7) is 13.1. The number of carbonyl (C=O) groups is 1.